The first-order valence-corrected chi connectivity index (χ1v) is 8.70. The summed E-state index contributed by atoms with van der Waals surface area (Å²) in [5, 5.41) is 3.61. The quantitative estimate of drug-likeness (QED) is 0.915. The van der Waals surface area contributed by atoms with Crippen LogP contribution in [0.3, 0.4) is 0 Å². The highest BCUT2D eigenvalue weighted by Crippen LogP contribution is 2.40. The molecule has 128 valence electrons. The normalized spacial score (nSPS) is 24.6. The van der Waals surface area contributed by atoms with E-state index in [0.29, 0.717) is 19.0 Å². The highest BCUT2D eigenvalue weighted by molar-refractivity contribution is 5.78. The van der Waals surface area contributed by atoms with Gasteiger partial charge >= 0.3 is 0 Å². The van der Waals surface area contributed by atoms with Gasteiger partial charge in [0.25, 0.3) is 0 Å². The third-order valence-electron chi connectivity index (χ3n) is 5.04. The Morgan fingerprint density at radius 3 is 2.79 bits per heavy atom. The fraction of sp³-hybridized carbons (Fsp3) is 0.556. The third kappa shape index (κ3) is 2.86. The summed E-state index contributed by atoms with van der Waals surface area (Å²) in [5.41, 5.74) is 0. The van der Waals surface area contributed by atoms with Gasteiger partial charge in [-0.2, -0.15) is 0 Å². The van der Waals surface area contributed by atoms with Gasteiger partial charge in [0.2, 0.25) is 5.91 Å². The van der Waals surface area contributed by atoms with Crippen LogP contribution in [0.25, 0.3) is 0 Å². The molecule has 0 aromatic carbocycles. The summed E-state index contributed by atoms with van der Waals surface area (Å²) in [5.74, 6) is 3.08. The Hall–Kier alpha value is -2.08. The number of amides is 1. The molecule has 1 saturated heterocycles. The molecule has 0 radical (unpaired) electrons. The first-order chi connectivity index (χ1) is 11.6. The van der Waals surface area contributed by atoms with Gasteiger partial charge in [0.1, 0.15) is 23.4 Å². The number of aryl methyl sites for hydroxylation is 2. The molecule has 2 aromatic rings. The maximum Gasteiger partial charge on any atom is 0.223 e. The minimum Gasteiger partial charge on any atom is -0.465 e. The predicted molar refractivity (Wildman–Crippen MR) is 89.1 cm³/mol. The van der Waals surface area contributed by atoms with Crippen LogP contribution in [0.5, 0.6) is 0 Å². The number of furan rings is 1. The molecule has 0 bridgehead atoms. The fourth-order valence-corrected chi connectivity index (χ4v) is 3.69. The topological polar surface area (TPSA) is 63.3 Å². The highest BCUT2D eigenvalue weighted by Gasteiger charge is 2.45. The number of piperidine rings is 1. The smallest absolute Gasteiger partial charge is 0.223 e. The van der Waals surface area contributed by atoms with E-state index < -0.39 is 0 Å². The van der Waals surface area contributed by atoms with Gasteiger partial charge in [-0.15, -0.1) is 0 Å². The number of hydrogen-bond donors (Lipinski definition) is 1. The number of rotatable bonds is 5. The molecular formula is C18H24N4O2. The van der Waals surface area contributed by atoms with E-state index in [2.05, 4.69) is 15.2 Å². The maximum absolute atomic E-state index is 12.6. The van der Waals surface area contributed by atoms with E-state index in [1.54, 1.807) is 0 Å². The highest BCUT2D eigenvalue weighted by atomic mass is 16.3. The molecular weight excluding hydrogens is 304 g/mol. The molecule has 1 amide bonds. The van der Waals surface area contributed by atoms with Gasteiger partial charge in [0.05, 0.1) is 6.54 Å². The molecule has 1 aliphatic heterocycles. The van der Waals surface area contributed by atoms with Gasteiger partial charge in [-0.1, -0.05) is 0 Å². The van der Waals surface area contributed by atoms with E-state index in [1.807, 2.05) is 43.1 Å². The van der Waals surface area contributed by atoms with Gasteiger partial charge in [-0.25, -0.2) is 4.98 Å². The molecule has 4 rings (SSSR count). The van der Waals surface area contributed by atoms with E-state index in [9.17, 15) is 4.79 Å². The Morgan fingerprint density at radius 1 is 1.33 bits per heavy atom. The molecule has 0 spiro atoms. The summed E-state index contributed by atoms with van der Waals surface area (Å²) in [4.78, 5) is 19.2. The lowest BCUT2D eigenvalue weighted by Gasteiger charge is -2.41. The minimum absolute atomic E-state index is 0.00481. The van der Waals surface area contributed by atoms with Gasteiger partial charge in [-0.05, 0) is 38.3 Å². The molecule has 0 unspecified atom stereocenters. The van der Waals surface area contributed by atoms with Crippen LogP contribution < -0.4 is 5.32 Å². The van der Waals surface area contributed by atoms with Crippen molar-refractivity contribution in [3.63, 3.8) is 0 Å². The summed E-state index contributed by atoms with van der Waals surface area (Å²) in [6, 6.07) is 4.55. The summed E-state index contributed by atoms with van der Waals surface area (Å²) in [6.07, 6.45) is 7.41. The molecule has 24 heavy (non-hydrogen) atoms. The number of imidazole rings is 1. The van der Waals surface area contributed by atoms with Crippen LogP contribution >= 0.6 is 0 Å². The van der Waals surface area contributed by atoms with Crippen molar-refractivity contribution in [2.75, 3.05) is 0 Å². The standard InChI is InChI=1S/C18H24N4O2/c1-12-3-6-14(24-12)11-20-15-7-8-16(23)22(13-4-5-13)17(15)18-19-9-10-21(18)2/h3,6,9-10,13,15,17,20H,4-5,7-8,11H2,1-2H3/t15-,17-/m1/s1. The maximum atomic E-state index is 12.6. The first kappa shape index (κ1) is 15.4. The number of nitrogens with zero attached hydrogens (tertiary/aromatic N) is 3. The average molecular weight is 328 g/mol. The van der Waals surface area contributed by atoms with Crippen LogP contribution in [-0.4, -0.2) is 32.4 Å². The van der Waals surface area contributed by atoms with Crippen molar-refractivity contribution in [2.45, 2.75) is 57.3 Å². The predicted octanol–water partition coefficient (Wildman–Crippen LogP) is 2.31. The zero-order chi connectivity index (χ0) is 16.7. The number of aromatic nitrogens is 2. The zero-order valence-electron chi connectivity index (χ0n) is 14.2. The Balaban J connectivity index is 1.58. The third-order valence-corrected chi connectivity index (χ3v) is 5.04. The average Bonchev–Trinajstić information content (AvgIpc) is 3.18. The molecule has 1 aliphatic carbocycles. The Bertz CT molecular complexity index is 731. The SMILES string of the molecule is Cc1ccc(CN[C@@H]2CCC(=O)N(C3CC3)[C@H]2c2nccn2C)o1. The van der Waals surface area contributed by atoms with Crippen molar-refractivity contribution >= 4 is 5.91 Å². The number of carbonyl (C=O) groups excluding carboxylic acids is 1. The Labute approximate surface area is 141 Å². The largest absolute Gasteiger partial charge is 0.465 e. The first-order valence-electron chi connectivity index (χ1n) is 8.70. The lowest BCUT2D eigenvalue weighted by Crippen LogP contribution is -2.52. The van der Waals surface area contributed by atoms with Crippen molar-refractivity contribution in [3.05, 3.63) is 41.9 Å². The molecule has 6 heteroatoms. The van der Waals surface area contributed by atoms with E-state index in [4.69, 9.17) is 4.42 Å². The summed E-state index contributed by atoms with van der Waals surface area (Å²) in [7, 11) is 2.00. The second-order valence-electron chi connectivity index (χ2n) is 6.91. The molecule has 3 heterocycles. The van der Waals surface area contributed by atoms with Crippen molar-refractivity contribution in [2.24, 2.45) is 7.05 Å². The Kier molecular flexibility index (Phi) is 3.92. The van der Waals surface area contributed by atoms with Crippen molar-refractivity contribution < 1.29 is 9.21 Å². The lowest BCUT2D eigenvalue weighted by molar-refractivity contribution is -0.139. The summed E-state index contributed by atoms with van der Waals surface area (Å²) >= 11 is 0. The molecule has 2 aliphatic rings. The van der Waals surface area contributed by atoms with E-state index in [1.165, 1.54) is 0 Å². The van der Waals surface area contributed by atoms with Crippen LogP contribution in [0.2, 0.25) is 0 Å². The van der Waals surface area contributed by atoms with Crippen LogP contribution in [-0.2, 0) is 18.4 Å². The van der Waals surface area contributed by atoms with E-state index in [0.717, 1.165) is 36.6 Å². The van der Waals surface area contributed by atoms with Gasteiger partial charge in [0, 0.05) is 37.9 Å². The van der Waals surface area contributed by atoms with Crippen molar-refractivity contribution in [1.29, 1.82) is 0 Å². The van der Waals surface area contributed by atoms with Gasteiger partial charge in [0.15, 0.2) is 0 Å². The van der Waals surface area contributed by atoms with Crippen molar-refractivity contribution in [1.82, 2.24) is 19.8 Å². The van der Waals surface area contributed by atoms with E-state index >= 15 is 0 Å². The molecule has 2 aromatic heterocycles. The molecule has 6 nitrogen and oxygen atoms in total. The van der Waals surface area contributed by atoms with E-state index in [-0.39, 0.29) is 18.0 Å². The van der Waals surface area contributed by atoms with Gasteiger partial charge in [-0.3, -0.25) is 4.79 Å². The second kappa shape index (κ2) is 6.09. The summed E-state index contributed by atoms with van der Waals surface area (Å²) < 4.78 is 7.70. The zero-order valence-corrected chi connectivity index (χ0v) is 14.2. The van der Waals surface area contributed by atoms with Crippen LogP contribution in [0.4, 0.5) is 0 Å². The monoisotopic (exact) mass is 328 g/mol. The number of carbonyl (C=O) groups is 1. The van der Waals surface area contributed by atoms with Crippen LogP contribution in [0, 0.1) is 6.92 Å². The Morgan fingerprint density at radius 2 is 2.17 bits per heavy atom. The number of likely N-dealkylation sites (tertiary alicyclic amines) is 1. The van der Waals surface area contributed by atoms with Gasteiger partial charge < -0.3 is 19.2 Å². The summed E-state index contributed by atoms with van der Waals surface area (Å²) in [6.45, 7) is 2.63. The lowest BCUT2D eigenvalue weighted by atomic mass is 9.94. The number of hydrogen-bond acceptors (Lipinski definition) is 4. The number of nitrogens with one attached hydrogen (secondary N) is 1. The fourth-order valence-electron chi connectivity index (χ4n) is 3.69. The molecule has 1 N–H and O–H groups in total. The van der Waals surface area contributed by atoms with Crippen molar-refractivity contribution in [3.8, 4) is 0 Å². The minimum atomic E-state index is -0.00481. The molecule has 2 fully saturated rings. The van der Waals surface area contributed by atoms with Crippen LogP contribution in [0.15, 0.2) is 28.9 Å². The van der Waals surface area contributed by atoms with Crippen LogP contribution in [0.1, 0.15) is 49.1 Å². The molecule has 1 saturated carbocycles. The molecule has 2 atom stereocenters. The second-order valence-corrected chi connectivity index (χ2v) is 6.91.